The molecule has 0 unspecified atom stereocenters. The average molecular weight is 271 g/mol. The Balaban J connectivity index is 5.04. The molecule has 0 rings (SSSR count). The molecule has 0 aromatic rings. The minimum Gasteiger partial charge on any atom is -0.359 e. The molecule has 0 atom stereocenters. The predicted octanol–water partition coefficient (Wildman–Crippen LogP) is -0.602. The molecule has 0 radical (unpaired) electrons. The van der Waals surface area contributed by atoms with Crippen LogP contribution in [-0.4, -0.2) is 46.9 Å². The van der Waals surface area contributed by atoms with Crippen molar-refractivity contribution in [3.05, 3.63) is 12.3 Å². The van der Waals surface area contributed by atoms with E-state index >= 15 is 0 Å². The lowest BCUT2D eigenvalue weighted by molar-refractivity contribution is -0.118. The van der Waals surface area contributed by atoms with Gasteiger partial charge in [-0.05, 0) is 0 Å². The third-order valence-corrected chi connectivity index (χ3v) is 6.75. The lowest BCUT2D eigenvalue weighted by Crippen LogP contribution is -2.45. The van der Waals surface area contributed by atoms with Gasteiger partial charge in [-0.2, -0.15) is 0 Å². The molecule has 0 aromatic carbocycles. The minimum atomic E-state index is -2.49. The molecular weight excluding hydrogens is 250 g/mol. The van der Waals surface area contributed by atoms with E-state index in [1.165, 1.54) is 21.1 Å². The maximum Gasteiger partial charge on any atom is 0.217 e. The first-order valence-corrected chi connectivity index (χ1v) is 8.38. The Bertz CT molecular complexity index is 299. The summed E-state index contributed by atoms with van der Waals surface area (Å²) in [6.07, 6.45) is 0. The molecule has 0 fully saturated rings. The maximum absolute atomic E-state index is 11.5. The zero-order valence-electron chi connectivity index (χ0n) is 11.1. The SMILES string of the molecule is C=C[Si](CC(=O)NC)(CC(=O)NC)CC(=O)NC. The van der Waals surface area contributed by atoms with Gasteiger partial charge in [-0.15, -0.1) is 6.58 Å². The fourth-order valence-electron chi connectivity index (χ4n) is 1.63. The van der Waals surface area contributed by atoms with Crippen LogP contribution in [0.3, 0.4) is 0 Å². The second-order valence-corrected chi connectivity index (χ2v) is 8.31. The summed E-state index contributed by atoms with van der Waals surface area (Å²) in [4.78, 5) is 34.6. The number of hydrogen-bond acceptors (Lipinski definition) is 3. The van der Waals surface area contributed by atoms with E-state index < -0.39 is 8.07 Å². The van der Waals surface area contributed by atoms with E-state index in [1.807, 2.05) is 0 Å². The molecular formula is C11H21N3O3Si. The smallest absolute Gasteiger partial charge is 0.217 e. The van der Waals surface area contributed by atoms with Crippen LogP contribution in [0.4, 0.5) is 0 Å². The second kappa shape index (κ2) is 7.65. The predicted molar refractivity (Wildman–Crippen MR) is 72.6 cm³/mol. The number of carbonyl (C=O) groups excluding carboxylic acids is 3. The molecule has 3 amide bonds. The van der Waals surface area contributed by atoms with Crippen molar-refractivity contribution in [3.63, 3.8) is 0 Å². The maximum atomic E-state index is 11.5. The molecule has 0 heterocycles. The monoisotopic (exact) mass is 271 g/mol. The van der Waals surface area contributed by atoms with Gasteiger partial charge in [0.25, 0.3) is 0 Å². The summed E-state index contributed by atoms with van der Waals surface area (Å²) in [5.41, 5.74) is 1.65. The molecule has 0 aliphatic heterocycles. The number of carbonyl (C=O) groups is 3. The molecule has 0 aromatic heterocycles. The summed E-state index contributed by atoms with van der Waals surface area (Å²) in [5.74, 6) is -0.516. The van der Waals surface area contributed by atoms with Gasteiger partial charge in [-0.25, -0.2) is 0 Å². The molecule has 102 valence electrons. The van der Waals surface area contributed by atoms with E-state index in [4.69, 9.17) is 0 Å². The Hall–Kier alpha value is -1.63. The van der Waals surface area contributed by atoms with Crippen molar-refractivity contribution >= 4 is 25.8 Å². The van der Waals surface area contributed by atoms with E-state index in [1.54, 1.807) is 5.70 Å². The minimum absolute atomic E-state index is 0.172. The Morgan fingerprint density at radius 3 is 1.33 bits per heavy atom. The highest BCUT2D eigenvalue weighted by molar-refractivity contribution is 6.90. The van der Waals surface area contributed by atoms with Gasteiger partial charge >= 0.3 is 0 Å². The van der Waals surface area contributed by atoms with Crippen LogP contribution in [0.25, 0.3) is 0 Å². The number of rotatable bonds is 7. The average Bonchev–Trinajstić information content (AvgIpc) is 2.37. The number of amides is 3. The molecule has 0 bridgehead atoms. The second-order valence-electron chi connectivity index (χ2n) is 4.12. The lowest BCUT2D eigenvalue weighted by atomic mass is 10.7. The quantitative estimate of drug-likeness (QED) is 0.540. The first kappa shape index (κ1) is 16.4. The van der Waals surface area contributed by atoms with Crippen LogP contribution in [-0.2, 0) is 14.4 Å². The number of nitrogens with one attached hydrogen (secondary N) is 3. The van der Waals surface area contributed by atoms with Gasteiger partial charge in [0, 0.05) is 39.3 Å². The Morgan fingerprint density at radius 2 is 1.17 bits per heavy atom. The third kappa shape index (κ3) is 5.13. The molecule has 0 aliphatic rings. The van der Waals surface area contributed by atoms with Gasteiger partial charge in [-0.3, -0.25) is 14.4 Å². The van der Waals surface area contributed by atoms with Crippen LogP contribution in [0, 0.1) is 0 Å². The van der Waals surface area contributed by atoms with Crippen LogP contribution < -0.4 is 16.0 Å². The molecule has 0 saturated heterocycles. The molecule has 0 saturated carbocycles. The fraction of sp³-hybridized carbons (Fsp3) is 0.545. The van der Waals surface area contributed by atoms with Crippen LogP contribution in [0.5, 0.6) is 0 Å². The molecule has 6 nitrogen and oxygen atoms in total. The van der Waals surface area contributed by atoms with Crippen molar-refractivity contribution in [2.75, 3.05) is 21.1 Å². The van der Waals surface area contributed by atoms with Gasteiger partial charge < -0.3 is 16.0 Å². The normalized spacial score (nSPS) is 10.4. The highest BCUT2D eigenvalue weighted by atomic mass is 28.3. The molecule has 7 heteroatoms. The molecule has 0 spiro atoms. The fourth-order valence-corrected chi connectivity index (χ4v) is 4.89. The van der Waals surface area contributed by atoms with Gasteiger partial charge in [-0.1, -0.05) is 5.70 Å². The van der Waals surface area contributed by atoms with E-state index in [2.05, 4.69) is 22.5 Å². The van der Waals surface area contributed by atoms with Crippen LogP contribution in [0.15, 0.2) is 12.3 Å². The summed E-state index contributed by atoms with van der Waals surface area (Å²) in [6, 6.07) is 0.565. The number of hydrogen-bond donors (Lipinski definition) is 3. The van der Waals surface area contributed by atoms with Crippen molar-refractivity contribution in [1.29, 1.82) is 0 Å². The van der Waals surface area contributed by atoms with E-state index in [-0.39, 0.29) is 35.9 Å². The lowest BCUT2D eigenvalue weighted by Gasteiger charge is -2.25. The molecule has 18 heavy (non-hydrogen) atoms. The largest absolute Gasteiger partial charge is 0.359 e. The van der Waals surface area contributed by atoms with Gasteiger partial charge in [0.1, 0.15) is 8.07 Å². The highest BCUT2D eigenvalue weighted by Crippen LogP contribution is 2.22. The van der Waals surface area contributed by atoms with Gasteiger partial charge in [0.05, 0.1) is 0 Å². The van der Waals surface area contributed by atoms with Crippen molar-refractivity contribution in [3.8, 4) is 0 Å². The van der Waals surface area contributed by atoms with Crippen LogP contribution in [0.2, 0.25) is 18.1 Å². The van der Waals surface area contributed by atoms with Crippen molar-refractivity contribution < 1.29 is 14.4 Å². The first-order chi connectivity index (χ1) is 8.42. The Kier molecular flexibility index (Phi) is 6.95. The summed E-state index contributed by atoms with van der Waals surface area (Å²) in [7, 11) is 2.10. The van der Waals surface area contributed by atoms with E-state index in [9.17, 15) is 14.4 Å². The van der Waals surface area contributed by atoms with Crippen LogP contribution >= 0.6 is 0 Å². The van der Waals surface area contributed by atoms with E-state index in [0.29, 0.717) is 0 Å². The zero-order chi connectivity index (χ0) is 14.2. The van der Waals surface area contributed by atoms with Crippen LogP contribution in [0.1, 0.15) is 0 Å². The molecule has 0 aliphatic carbocycles. The van der Waals surface area contributed by atoms with Crippen molar-refractivity contribution in [1.82, 2.24) is 16.0 Å². The summed E-state index contributed by atoms with van der Waals surface area (Å²) >= 11 is 0. The summed E-state index contributed by atoms with van der Waals surface area (Å²) in [6.45, 7) is 3.72. The van der Waals surface area contributed by atoms with Crippen molar-refractivity contribution in [2.45, 2.75) is 18.1 Å². The Morgan fingerprint density at radius 1 is 0.889 bits per heavy atom. The Labute approximate surface area is 108 Å². The summed E-state index contributed by atoms with van der Waals surface area (Å²) in [5, 5.41) is 7.56. The highest BCUT2D eigenvalue weighted by Gasteiger charge is 2.36. The van der Waals surface area contributed by atoms with Gasteiger partial charge in [0.15, 0.2) is 0 Å². The van der Waals surface area contributed by atoms with Crippen molar-refractivity contribution in [2.24, 2.45) is 0 Å². The molecule has 3 N–H and O–H groups in total. The van der Waals surface area contributed by atoms with E-state index in [0.717, 1.165) is 0 Å². The van der Waals surface area contributed by atoms with Gasteiger partial charge in [0.2, 0.25) is 17.7 Å². The standard InChI is InChI=1S/C11H21N3O3Si/c1-5-18(6-9(15)12-2,7-10(16)13-3)8-11(17)14-4/h5H,1,6-8H2,2-4H3,(H,12,15)(H,13,16)(H,14,17). The zero-order valence-corrected chi connectivity index (χ0v) is 12.1. The summed E-state index contributed by atoms with van der Waals surface area (Å²) < 4.78 is 0. The topological polar surface area (TPSA) is 87.3 Å². The first-order valence-electron chi connectivity index (χ1n) is 5.68. The third-order valence-electron chi connectivity index (χ3n) is 2.81.